The summed E-state index contributed by atoms with van der Waals surface area (Å²) in [5.74, 6) is -2.98. The number of rotatable bonds is 4. The van der Waals surface area contributed by atoms with E-state index in [1.165, 1.54) is 6.07 Å². The summed E-state index contributed by atoms with van der Waals surface area (Å²) in [4.78, 5) is 18.4. The van der Waals surface area contributed by atoms with Crippen LogP contribution in [0.1, 0.15) is 16.7 Å². The minimum atomic E-state index is -5.06. The molecule has 0 bridgehead atoms. The van der Waals surface area contributed by atoms with E-state index in [1.54, 1.807) is 0 Å². The fourth-order valence-electron chi connectivity index (χ4n) is 2.51. The van der Waals surface area contributed by atoms with Crippen LogP contribution >= 0.6 is 0 Å². The molecule has 3 aromatic rings. The zero-order valence-corrected chi connectivity index (χ0v) is 14.9. The number of aliphatic carboxylic acids is 1. The molecule has 0 saturated heterocycles. The number of carbonyl (C=O) groups is 1. The summed E-state index contributed by atoms with van der Waals surface area (Å²) in [6, 6.07) is 2.84. The van der Waals surface area contributed by atoms with Crippen molar-refractivity contribution in [2.75, 3.05) is 0 Å². The number of carboxylic acid groups (broad SMARTS) is 1. The summed E-state index contributed by atoms with van der Waals surface area (Å²) in [5.41, 5.74) is -4.26. The number of nitrogens with zero attached hydrogens (tertiary/aromatic N) is 4. The first kappa shape index (κ1) is 21.9. The van der Waals surface area contributed by atoms with E-state index in [0.29, 0.717) is 12.1 Å². The Kier molecular flexibility index (Phi) is 5.53. The van der Waals surface area contributed by atoms with Crippen molar-refractivity contribution in [3.05, 3.63) is 65.5 Å². The van der Waals surface area contributed by atoms with Gasteiger partial charge in [-0.25, -0.2) is 19.4 Å². The van der Waals surface area contributed by atoms with Crippen LogP contribution in [0.25, 0.3) is 23.2 Å². The Morgan fingerprint density at radius 3 is 2.10 bits per heavy atom. The maximum absolute atomic E-state index is 13.3. The van der Waals surface area contributed by atoms with Crippen molar-refractivity contribution in [2.45, 2.75) is 12.4 Å². The van der Waals surface area contributed by atoms with Gasteiger partial charge >= 0.3 is 18.3 Å². The molecule has 162 valence electrons. The number of benzene rings is 1. The Bertz CT molecular complexity index is 1130. The van der Waals surface area contributed by atoms with Crippen molar-refractivity contribution in [2.24, 2.45) is 0 Å². The Hall–Kier alpha value is -3.77. The highest BCUT2D eigenvalue weighted by molar-refractivity contribution is 6.19. The number of hydrogen-bond acceptors (Lipinski definition) is 4. The molecule has 0 atom stereocenters. The van der Waals surface area contributed by atoms with Gasteiger partial charge in [-0.1, -0.05) is 0 Å². The zero-order chi connectivity index (χ0) is 23.0. The van der Waals surface area contributed by atoms with Crippen LogP contribution in [0.4, 0.5) is 30.7 Å². The third-order valence-corrected chi connectivity index (χ3v) is 3.88. The minimum absolute atomic E-state index is 0.0408. The minimum Gasteiger partial charge on any atom is -0.478 e. The van der Waals surface area contributed by atoms with Gasteiger partial charge in [0.1, 0.15) is 6.33 Å². The van der Waals surface area contributed by atoms with Crippen molar-refractivity contribution in [1.82, 2.24) is 19.7 Å². The smallest absolute Gasteiger partial charge is 0.416 e. The number of pyridine rings is 1. The molecule has 0 saturated carbocycles. The molecule has 0 unspecified atom stereocenters. The Morgan fingerprint density at radius 2 is 1.58 bits per heavy atom. The van der Waals surface area contributed by atoms with E-state index >= 15 is 0 Å². The Morgan fingerprint density at radius 1 is 0.968 bits per heavy atom. The first-order chi connectivity index (χ1) is 14.3. The van der Waals surface area contributed by atoms with Crippen molar-refractivity contribution in [3.8, 4) is 11.4 Å². The quantitative estimate of drug-likeness (QED) is 0.360. The summed E-state index contributed by atoms with van der Waals surface area (Å²) in [7, 11) is 0. The van der Waals surface area contributed by atoms with Crippen molar-refractivity contribution >= 4 is 17.7 Å². The van der Waals surface area contributed by atoms with E-state index in [1.807, 2.05) is 0 Å². The second-order valence-corrected chi connectivity index (χ2v) is 6.06. The van der Waals surface area contributed by atoms with E-state index in [0.717, 1.165) is 29.5 Å². The van der Waals surface area contributed by atoms with Crippen LogP contribution in [0.5, 0.6) is 0 Å². The second kappa shape index (κ2) is 7.81. The molecule has 2 aromatic heterocycles. The van der Waals surface area contributed by atoms with Gasteiger partial charge in [0, 0.05) is 24.0 Å². The molecule has 3 rings (SSSR count). The van der Waals surface area contributed by atoms with Crippen LogP contribution in [-0.2, 0) is 17.1 Å². The highest BCUT2D eigenvalue weighted by Gasteiger charge is 2.37. The highest BCUT2D eigenvalue weighted by Crippen LogP contribution is 2.38. The molecule has 0 aliphatic rings. The number of halogens is 7. The first-order valence-electron chi connectivity index (χ1n) is 8.12. The zero-order valence-electron chi connectivity index (χ0n) is 14.9. The molecular weight excluding hydrogens is 437 g/mol. The molecular formula is C18H9F7N4O2. The lowest BCUT2D eigenvalue weighted by Gasteiger charge is -2.13. The van der Waals surface area contributed by atoms with Gasteiger partial charge < -0.3 is 5.11 Å². The van der Waals surface area contributed by atoms with Gasteiger partial charge in [-0.2, -0.15) is 30.7 Å². The van der Waals surface area contributed by atoms with Crippen LogP contribution in [0.3, 0.4) is 0 Å². The molecule has 1 aromatic carbocycles. The Labute approximate surface area is 168 Å². The van der Waals surface area contributed by atoms with Crippen LogP contribution < -0.4 is 0 Å². The van der Waals surface area contributed by atoms with Gasteiger partial charge in [-0.05, 0) is 29.8 Å². The average Bonchev–Trinajstić information content (AvgIpc) is 3.13. The predicted molar refractivity (Wildman–Crippen MR) is 91.5 cm³/mol. The van der Waals surface area contributed by atoms with Gasteiger partial charge in [-0.15, -0.1) is 5.10 Å². The number of carboxylic acids is 1. The summed E-state index contributed by atoms with van der Waals surface area (Å²) < 4.78 is 92.1. The molecule has 31 heavy (non-hydrogen) atoms. The number of hydrogen-bond donors (Lipinski definition) is 1. The number of alkyl halides is 6. The third kappa shape index (κ3) is 5.05. The molecule has 0 amide bonds. The maximum Gasteiger partial charge on any atom is 0.416 e. The lowest BCUT2D eigenvalue weighted by molar-refractivity contribution is -0.143. The Balaban J connectivity index is 2.07. The summed E-state index contributed by atoms with van der Waals surface area (Å²) in [5, 5.41) is 13.1. The molecule has 0 fully saturated rings. The largest absolute Gasteiger partial charge is 0.478 e. The molecule has 0 aliphatic heterocycles. The maximum atomic E-state index is 13.3. The fourth-order valence-corrected chi connectivity index (χ4v) is 2.51. The molecule has 0 radical (unpaired) electrons. The monoisotopic (exact) mass is 446 g/mol. The van der Waals surface area contributed by atoms with Gasteiger partial charge in [0.25, 0.3) is 0 Å². The lowest BCUT2D eigenvalue weighted by atomic mass is 10.0. The first-order valence-corrected chi connectivity index (χ1v) is 8.12. The molecule has 0 aliphatic carbocycles. The number of aromatic nitrogens is 4. The summed E-state index contributed by atoms with van der Waals surface area (Å²) >= 11 is 0. The molecule has 2 heterocycles. The van der Waals surface area contributed by atoms with Gasteiger partial charge in [0.2, 0.25) is 5.95 Å². The molecule has 0 spiro atoms. The lowest BCUT2D eigenvalue weighted by Crippen LogP contribution is -2.11. The van der Waals surface area contributed by atoms with E-state index in [4.69, 9.17) is 0 Å². The van der Waals surface area contributed by atoms with Gasteiger partial charge in [-0.3, -0.25) is 0 Å². The van der Waals surface area contributed by atoms with Crippen LogP contribution in [0, 0.1) is 5.95 Å². The molecule has 1 N–H and O–H groups in total. The average molecular weight is 446 g/mol. The third-order valence-electron chi connectivity index (χ3n) is 3.88. The van der Waals surface area contributed by atoms with Crippen molar-refractivity contribution in [1.29, 1.82) is 0 Å². The second-order valence-electron chi connectivity index (χ2n) is 6.06. The SMILES string of the molecule is O=C(O)/C(=C/n1cnc(-c2cc(C(F)(F)F)cc(C(F)(F)F)c2)n1)c1ccnc(F)c1. The summed E-state index contributed by atoms with van der Waals surface area (Å²) in [6.07, 6.45) is -7.36. The highest BCUT2D eigenvalue weighted by atomic mass is 19.4. The van der Waals surface area contributed by atoms with Crippen LogP contribution in [0.15, 0.2) is 42.9 Å². The molecule has 6 nitrogen and oxygen atoms in total. The van der Waals surface area contributed by atoms with E-state index in [9.17, 15) is 40.6 Å². The van der Waals surface area contributed by atoms with Gasteiger partial charge in [0.05, 0.1) is 16.7 Å². The van der Waals surface area contributed by atoms with Crippen LogP contribution in [0.2, 0.25) is 0 Å². The van der Waals surface area contributed by atoms with Crippen molar-refractivity contribution in [3.63, 3.8) is 0 Å². The normalized spacial score (nSPS) is 12.8. The van der Waals surface area contributed by atoms with E-state index < -0.39 is 52.4 Å². The van der Waals surface area contributed by atoms with E-state index in [-0.39, 0.29) is 11.6 Å². The van der Waals surface area contributed by atoms with Crippen LogP contribution in [-0.4, -0.2) is 30.8 Å². The topological polar surface area (TPSA) is 80.9 Å². The van der Waals surface area contributed by atoms with Crippen molar-refractivity contribution < 1.29 is 40.6 Å². The molecule has 13 heteroatoms. The predicted octanol–water partition coefficient (Wildman–Crippen LogP) is 4.60. The standard InChI is InChI=1S/C18H9F7N4O2/c19-14-5-9(1-2-26-14)13(16(30)31)7-29-8-27-15(28-29)10-3-11(17(20,21)22)6-12(4-10)18(23,24)25/h1-8H,(H,30,31)/b13-7+. The fraction of sp³-hybridized carbons (Fsp3) is 0.111. The summed E-state index contributed by atoms with van der Waals surface area (Å²) in [6.45, 7) is 0. The van der Waals surface area contributed by atoms with Gasteiger partial charge in [0.15, 0.2) is 5.82 Å². The van der Waals surface area contributed by atoms with E-state index in [2.05, 4.69) is 15.1 Å².